The van der Waals surface area contributed by atoms with Gasteiger partial charge in [-0.25, -0.2) is 13.4 Å². The van der Waals surface area contributed by atoms with Crippen molar-refractivity contribution >= 4 is 43.2 Å². The number of benzene rings is 1. The lowest BCUT2D eigenvalue weighted by Gasteiger charge is -2.09. The first-order valence-corrected chi connectivity index (χ1v) is 7.54. The van der Waals surface area contributed by atoms with E-state index < -0.39 is 10.0 Å². The van der Waals surface area contributed by atoms with Crippen molar-refractivity contribution in [2.45, 2.75) is 4.90 Å². The third kappa shape index (κ3) is 2.82. The summed E-state index contributed by atoms with van der Waals surface area (Å²) in [6.07, 6.45) is 1.55. The largest absolute Gasteiger partial charge is 0.277 e. The van der Waals surface area contributed by atoms with Gasteiger partial charge in [0, 0.05) is 6.20 Å². The second-order valence-electron chi connectivity index (χ2n) is 3.38. The van der Waals surface area contributed by atoms with Crippen LogP contribution in [0.4, 0.5) is 5.69 Å². The topological polar surface area (TPSA) is 59.1 Å². The second-order valence-corrected chi connectivity index (χ2v) is 6.19. The number of rotatable bonds is 3. The van der Waals surface area contributed by atoms with Crippen molar-refractivity contribution in [1.29, 1.82) is 0 Å². The molecule has 2 rings (SSSR count). The van der Waals surface area contributed by atoms with E-state index >= 15 is 0 Å². The highest BCUT2D eigenvalue weighted by Gasteiger charge is 2.18. The van der Waals surface area contributed by atoms with Crippen molar-refractivity contribution in [3.8, 4) is 0 Å². The summed E-state index contributed by atoms with van der Waals surface area (Å²) in [7, 11) is -3.72. The van der Waals surface area contributed by atoms with Gasteiger partial charge in [0.2, 0.25) is 0 Å². The molecule has 0 unspecified atom stereocenters. The molecule has 1 aromatic heterocycles. The Bertz CT molecular complexity index is 676. The van der Waals surface area contributed by atoms with Crippen molar-refractivity contribution in [2.24, 2.45) is 0 Å². The zero-order chi connectivity index (χ0) is 13.2. The Morgan fingerprint density at radius 3 is 2.56 bits per heavy atom. The molecular weight excluding hydrogens is 340 g/mol. The highest BCUT2D eigenvalue weighted by Crippen LogP contribution is 2.25. The van der Waals surface area contributed by atoms with E-state index in [9.17, 15) is 8.42 Å². The van der Waals surface area contributed by atoms with E-state index in [1.807, 2.05) is 0 Å². The Balaban J connectivity index is 2.40. The Labute approximate surface area is 118 Å². The molecule has 1 heterocycles. The van der Waals surface area contributed by atoms with E-state index in [4.69, 9.17) is 11.6 Å². The van der Waals surface area contributed by atoms with Crippen LogP contribution in [0, 0.1) is 0 Å². The van der Waals surface area contributed by atoms with Crippen molar-refractivity contribution in [1.82, 2.24) is 4.98 Å². The number of anilines is 1. The first-order chi connectivity index (χ1) is 8.50. The molecule has 4 nitrogen and oxygen atoms in total. The van der Waals surface area contributed by atoms with E-state index in [0.717, 1.165) is 0 Å². The van der Waals surface area contributed by atoms with Gasteiger partial charge in [0.05, 0.1) is 10.7 Å². The molecule has 0 radical (unpaired) electrons. The molecule has 0 saturated heterocycles. The second kappa shape index (κ2) is 5.26. The van der Waals surface area contributed by atoms with Gasteiger partial charge >= 0.3 is 0 Å². The maximum absolute atomic E-state index is 12.1. The van der Waals surface area contributed by atoms with Gasteiger partial charge in [0.15, 0.2) is 0 Å². The molecule has 0 bridgehead atoms. The lowest BCUT2D eigenvalue weighted by atomic mass is 10.4. The number of nitrogens with zero attached hydrogens (tertiary/aromatic N) is 1. The van der Waals surface area contributed by atoms with E-state index in [-0.39, 0.29) is 9.92 Å². The predicted octanol–water partition coefficient (Wildman–Crippen LogP) is 3.30. The van der Waals surface area contributed by atoms with E-state index in [1.165, 1.54) is 12.1 Å². The summed E-state index contributed by atoms with van der Waals surface area (Å²) in [5.74, 6) is 0. The molecule has 0 spiro atoms. The molecule has 0 aliphatic rings. The van der Waals surface area contributed by atoms with E-state index in [0.29, 0.717) is 10.3 Å². The molecule has 0 aliphatic heterocycles. The molecule has 94 valence electrons. The van der Waals surface area contributed by atoms with Crippen molar-refractivity contribution < 1.29 is 8.42 Å². The number of nitrogens with one attached hydrogen (secondary N) is 1. The number of sulfonamides is 1. The summed E-state index contributed by atoms with van der Waals surface area (Å²) < 4.78 is 27.1. The summed E-state index contributed by atoms with van der Waals surface area (Å²) in [4.78, 5) is 3.97. The Morgan fingerprint density at radius 1 is 1.17 bits per heavy atom. The molecule has 2 aromatic rings. The minimum atomic E-state index is -3.72. The van der Waals surface area contributed by atoms with Crippen LogP contribution in [-0.2, 0) is 10.0 Å². The zero-order valence-electron chi connectivity index (χ0n) is 8.97. The third-order valence-electron chi connectivity index (χ3n) is 2.13. The maximum atomic E-state index is 12.1. The van der Waals surface area contributed by atoms with Gasteiger partial charge in [-0.05, 0) is 40.2 Å². The van der Waals surface area contributed by atoms with Gasteiger partial charge in [-0.15, -0.1) is 0 Å². The average molecular weight is 348 g/mol. The molecular formula is C11H8BrClN2O2S. The lowest BCUT2D eigenvalue weighted by Crippen LogP contribution is -2.14. The highest BCUT2D eigenvalue weighted by molar-refractivity contribution is 9.10. The van der Waals surface area contributed by atoms with E-state index in [2.05, 4.69) is 25.6 Å². The molecule has 1 aromatic carbocycles. The van der Waals surface area contributed by atoms with Gasteiger partial charge in [-0.1, -0.05) is 23.7 Å². The number of halogens is 2. The summed E-state index contributed by atoms with van der Waals surface area (Å²) in [5.41, 5.74) is 0.359. The van der Waals surface area contributed by atoms with Crippen LogP contribution in [0.15, 0.2) is 52.1 Å². The maximum Gasteiger partial charge on any atom is 0.263 e. The quantitative estimate of drug-likeness (QED) is 0.867. The minimum Gasteiger partial charge on any atom is -0.277 e. The summed E-state index contributed by atoms with van der Waals surface area (Å²) in [6, 6.07) is 9.48. The lowest BCUT2D eigenvalue weighted by molar-refractivity contribution is 0.601. The van der Waals surface area contributed by atoms with E-state index in [1.54, 1.807) is 30.5 Å². The standard InChI is InChI=1S/C11H8BrClN2O2S/c12-11-9(5-3-7-14-11)15-18(16,17)10-6-2-1-4-8(10)13/h1-7,15H. The molecule has 18 heavy (non-hydrogen) atoms. The van der Waals surface area contributed by atoms with Crippen LogP contribution in [-0.4, -0.2) is 13.4 Å². The highest BCUT2D eigenvalue weighted by atomic mass is 79.9. The van der Waals surface area contributed by atoms with Crippen LogP contribution in [0.2, 0.25) is 5.02 Å². The number of pyridine rings is 1. The Hall–Kier alpha value is -1.11. The fourth-order valence-electron chi connectivity index (χ4n) is 1.32. The van der Waals surface area contributed by atoms with Crippen LogP contribution in [0.25, 0.3) is 0 Å². The van der Waals surface area contributed by atoms with Crippen LogP contribution >= 0.6 is 27.5 Å². The van der Waals surface area contributed by atoms with Gasteiger partial charge < -0.3 is 0 Å². The third-order valence-corrected chi connectivity index (χ3v) is 4.63. The summed E-state index contributed by atoms with van der Waals surface area (Å²) in [5, 5.41) is 0.171. The van der Waals surface area contributed by atoms with Crippen LogP contribution in [0.5, 0.6) is 0 Å². The SMILES string of the molecule is O=S(=O)(Nc1cccnc1Br)c1ccccc1Cl. The minimum absolute atomic E-state index is 0.0300. The zero-order valence-corrected chi connectivity index (χ0v) is 12.1. The number of aromatic nitrogens is 1. The van der Waals surface area contributed by atoms with Crippen LogP contribution in [0.1, 0.15) is 0 Å². The molecule has 0 aliphatic carbocycles. The Kier molecular flexibility index (Phi) is 3.89. The van der Waals surface area contributed by atoms with Crippen molar-refractivity contribution in [3.63, 3.8) is 0 Å². The van der Waals surface area contributed by atoms with Crippen molar-refractivity contribution in [2.75, 3.05) is 4.72 Å². The molecule has 1 N–H and O–H groups in total. The molecule has 0 saturated carbocycles. The van der Waals surface area contributed by atoms with Gasteiger partial charge in [-0.2, -0.15) is 0 Å². The van der Waals surface area contributed by atoms with Gasteiger partial charge in [-0.3, -0.25) is 4.72 Å². The molecule has 0 atom stereocenters. The molecule has 0 amide bonds. The first kappa shape index (κ1) is 13.3. The Morgan fingerprint density at radius 2 is 1.89 bits per heavy atom. The van der Waals surface area contributed by atoms with Gasteiger partial charge in [0.1, 0.15) is 9.50 Å². The average Bonchev–Trinajstić information content (AvgIpc) is 2.32. The first-order valence-electron chi connectivity index (χ1n) is 4.88. The predicted molar refractivity (Wildman–Crippen MR) is 74.2 cm³/mol. The van der Waals surface area contributed by atoms with Gasteiger partial charge in [0.25, 0.3) is 10.0 Å². The van der Waals surface area contributed by atoms with Crippen LogP contribution in [0.3, 0.4) is 0 Å². The fourth-order valence-corrected chi connectivity index (χ4v) is 3.39. The monoisotopic (exact) mass is 346 g/mol. The number of hydrogen-bond donors (Lipinski definition) is 1. The molecule has 7 heteroatoms. The van der Waals surface area contributed by atoms with Crippen molar-refractivity contribution in [3.05, 3.63) is 52.2 Å². The van der Waals surface area contributed by atoms with Crippen LogP contribution < -0.4 is 4.72 Å². The summed E-state index contributed by atoms with van der Waals surface area (Å²) >= 11 is 9.04. The smallest absolute Gasteiger partial charge is 0.263 e. The molecule has 0 fully saturated rings. The fraction of sp³-hybridized carbons (Fsp3) is 0. The number of hydrogen-bond acceptors (Lipinski definition) is 3. The normalized spacial score (nSPS) is 11.2. The summed E-state index contributed by atoms with van der Waals surface area (Å²) in [6.45, 7) is 0.